The maximum atomic E-state index is 12.9. The van der Waals surface area contributed by atoms with Crippen LogP contribution in [0.4, 0.5) is 0 Å². The zero-order valence-corrected chi connectivity index (χ0v) is 55.2. The van der Waals surface area contributed by atoms with Gasteiger partial charge in [0.15, 0.2) is 6.10 Å². The van der Waals surface area contributed by atoms with E-state index in [1.165, 1.54) is 103 Å². The number of hydrogen-bond donors (Lipinski definition) is 0. The summed E-state index contributed by atoms with van der Waals surface area (Å²) in [5, 5.41) is 0. The molecule has 9 nitrogen and oxygen atoms in total. The van der Waals surface area contributed by atoms with E-state index in [1.54, 1.807) is 0 Å². The molecule has 0 amide bonds. The average molecular weight is 1190 g/mol. The van der Waals surface area contributed by atoms with Crippen LogP contribution >= 0.6 is 7.82 Å². The summed E-state index contributed by atoms with van der Waals surface area (Å²) >= 11 is 0. The minimum Gasteiger partial charge on any atom is -0.756 e. The van der Waals surface area contributed by atoms with Gasteiger partial charge in [-0.15, -0.1) is 0 Å². The largest absolute Gasteiger partial charge is 0.756 e. The zero-order valence-electron chi connectivity index (χ0n) is 54.3. The lowest BCUT2D eigenvalue weighted by atomic mass is 10.0. The molecule has 10 heteroatoms. The van der Waals surface area contributed by atoms with Crippen molar-refractivity contribution in [2.75, 3.05) is 47.5 Å². The van der Waals surface area contributed by atoms with Gasteiger partial charge in [-0.1, -0.05) is 275 Å². The predicted molar refractivity (Wildman–Crippen MR) is 360 cm³/mol. The van der Waals surface area contributed by atoms with E-state index < -0.39 is 26.5 Å². The molecule has 0 spiro atoms. The predicted octanol–water partition coefficient (Wildman–Crippen LogP) is 21.2. The second-order valence-corrected chi connectivity index (χ2v) is 24.5. The molecular formula is C74H124NO8P. The topological polar surface area (TPSA) is 111 Å². The molecule has 0 radical (unpaired) electrons. The molecule has 0 fully saturated rings. The summed E-state index contributed by atoms with van der Waals surface area (Å²) in [5.41, 5.74) is 0. The molecule has 0 aromatic heterocycles. The Bertz CT molecular complexity index is 1930. The summed E-state index contributed by atoms with van der Waals surface area (Å²) in [6, 6.07) is 0. The number of allylic oxidation sites excluding steroid dienone is 24. The highest BCUT2D eigenvalue weighted by Crippen LogP contribution is 2.38. The summed E-state index contributed by atoms with van der Waals surface area (Å²) in [6.45, 7) is 4.00. The number of rotatable bonds is 60. The van der Waals surface area contributed by atoms with Crippen molar-refractivity contribution in [3.05, 3.63) is 146 Å². The van der Waals surface area contributed by atoms with Gasteiger partial charge in [0.25, 0.3) is 7.82 Å². The lowest BCUT2D eigenvalue weighted by Crippen LogP contribution is -2.37. The molecule has 0 bridgehead atoms. The average Bonchev–Trinajstić information content (AvgIpc) is 3.61. The smallest absolute Gasteiger partial charge is 0.306 e. The second kappa shape index (κ2) is 63.4. The quantitative estimate of drug-likeness (QED) is 0.0195. The molecule has 0 N–H and O–H groups in total. The van der Waals surface area contributed by atoms with E-state index in [-0.39, 0.29) is 32.0 Å². The Hall–Kier alpha value is -4.11. The third-order valence-electron chi connectivity index (χ3n) is 13.9. The van der Waals surface area contributed by atoms with Gasteiger partial charge in [-0.3, -0.25) is 14.2 Å². The number of ether oxygens (including phenoxy) is 2. The van der Waals surface area contributed by atoms with Gasteiger partial charge in [0.05, 0.1) is 27.7 Å². The van der Waals surface area contributed by atoms with E-state index in [4.69, 9.17) is 18.5 Å². The van der Waals surface area contributed by atoms with Crippen LogP contribution in [0.3, 0.4) is 0 Å². The summed E-state index contributed by atoms with van der Waals surface area (Å²) in [5.74, 6) is -0.847. The molecule has 0 aliphatic rings. The van der Waals surface area contributed by atoms with E-state index in [1.807, 2.05) is 21.1 Å². The molecule has 0 rings (SSSR count). The van der Waals surface area contributed by atoms with Crippen molar-refractivity contribution in [2.24, 2.45) is 0 Å². The lowest BCUT2D eigenvalue weighted by molar-refractivity contribution is -0.870. The number of nitrogens with zero attached hydrogens (tertiary/aromatic N) is 1. The number of hydrogen-bond acceptors (Lipinski definition) is 8. The van der Waals surface area contributed by atoms with Gasteiger partial charge >= 0.3 is 11.9 Å². The Balaban J connectivity index is 4.14. The molecule has 0 aromatic rings. The first-order valence-corrected chi connectivity index (χ1v) is 35.0. The van der Waals surface area contributed by atoms with Crippen LogP contribution in [0.1, 0.15) is 258 Å². The second-order valence-electron chi connectivity index (χ2n) is 23.1. The van der Waals surface area contributed by atoms with Crippen LogP contribution in [0.15, 0.2) is 146 Å². The van der Waals surface area contributed by atoms with Crippen LogP contribution < -0.4 is 4.89 Å². The Kier molecular flexibility index (Phi) is 60.3. The first-order valence-electron chi connectivity index (χ1n) is 33.5. The van der Waals surface area contributed by atoms with Gasteiger partial charge in [-0.2, -0.15) is 0 Å². The Labute approximate surface area is 516 Å². The maximum absolute atomic E-state index is 12.9. The molecule has 2 unspecified atom stereocenters. The number of phosphoric acid groups is 1. The van der Waals surface area contributed by atoms with E-state index in [2.05, 4.69) is 160 Å². The van der Waals surface area contributed by atoms with Crippen LogP contribution in [-0.2, 0) is 32.7 Å². The molecule has 0 aliphatic heterocycles. The van der Waals surface area contributed by atoms with Crippen molar-refractivity contribution in [3.63, 3.8) is 0 Å². The Morgan fingerprint density at radius 1 is 0.369 bits per heavy atom. The Morgan fingerprint density at radius 2 is 0.643 bits per heavy atom. The fourth-order valence-corrected chi connectivity index (χ4v) is 9.51. The third-order valence-corrected chi connectivity index (χ3v) is 14.8. The van der Waals surface area contributed by atoms with E-state index in [0.717, 1.165) is 122 Å². The third kappa shape index (κ3) is 67.0. The number of likely N-dealkylation sites (N-methyl/N-ethyl adjacent to an activating group) is 1. The monoisotopic (exact) mass is 1190 g/mol. The van der Waals surface area contributed by atoms with Crippen molar-refractivity contribution in [2.45, 2.75) is 264 Å². The molecule has 0 saturated carbocycles. The standard InChI is InChI=1S/C74H124NO8P/c1-6-8-10-12-14-16-18-20-22-24-26-28-30-32-34-36-37-39-41-43-45-47-49-51-53-55-57-59-61-63-65-67-74(77)83-72(71-82-84(78,79)81-69-68-75(3,4)5)70-80-73(76)66-64-62-60-58-56-54-52-50-48-46-44-42-40-38-35-33-31-29-27-25-23-21-19-17-15-13-11-9-7-2/h8-11,14-17,20-23,26-29,32-35,37,39,43,45,72H,6-7,12-13,18-19,24-25,30-31,36,38,40-42,44,46-71H2,1-5H3/b10-8-,11-9-,16-14-,17-15-,22-20-,23-21-,28-26-,29-27-,34-32-,35-33-,39-37-,45-43-. The first kappa shape index (κ1) is 79.9. The lowest BCUT2D eigenvalue weighted by Gasteiger charge is -2.28. The minimum atomic E-state index is -4.65. The number of carbonyl (C=O) groups is 2. The van der Waals surface area contributed by atoms with Crippen LogP contribution in [-0.4, -0.2) is 70.0 Å². The highest BCUT2D eigenvalue weighted by atomic mass is 31.2. The van der Waals surface area contributed by atoms with Crippen molar-refractivity contribution in [1.29, 1.82) is 0 Å². The van der Waals surface area contributed by atoms with Gasteiger partial charge in [-0.25, -0.2) is 0 Å². The molecule has 0 aromatic carbocycles. The van der Waals surface area contributed by atoms with Gasteiger partial charge in [-0.05, 0) is 116 Å². The molecule has 0 heterocycles. The maximum Gasteiger partial charge on any atom is 0.306 e. The number of quaternary nitrogens is 1. The van der Waals surface area contributed by atoms with E-state index in [0.29, 0.717) is 17.4 Å². The number of esters is 2. The molecule has 2 atom stereocenters. The summed E-state index contributed by atoms with van der Waals surface area (Å²) < 4.78 is 34.3. The van der Waals surface area contributed by atoms with Gasteiger partial charge in [0.1, 0.15) is 19.8 Å². The van der Waals surface area contributed by atoms with Gasteiger partial charge in [0, 0.05) is 12.8 Å². The van der Waals surface area contributed by atoms with Crippen LogP contribution in [0.25, 0.3) is 0 Å². The van der Waals surface area contributed by atoms with E-state index in [9.17, 15) is 19.0 Å². The van der Waals surface area contributed by atoms with Crippen LogP contribution in [0, 0.1) is 0 Å². The zero-order chi connectivity index (χ0) is 61.2. The fourth-order valence-electron chi connectivity index (χ4n) is 8.78. The van der Waals surface area contributed by atoms with Gasteiger partial charge < -0.3 is 27.9 Å². The van der Waals surface area contributed by atoms with Crippen molar-refractivity contribution in [3.8, 4) is 0 Å². The highest BCUT2D eigenvalue weighted by Gasteiger charge is 2.22. The van der Waals surface area contributed by atoms with Gasteiger partial charge in [0.2, 0.25) is 0 Å². The van der Waals surface area contributed by atoms with Crippen LogP contribution in [0.5, 0.6) is 0 Å². The Morgan fingerprint density at radius 3 is 0.952 bits per heavy atom. The normalized spacial score (nSPS) is 14.1. The number of phosphoric ester groups is 1. The van der Waals surface area contributed by atoms with Crippen molar-refractivity contribution >= 4 is 19.8 Å². The number of carbonyl (C=O) groups excluding carboxylic acids is 2. The van der Waals surface area contributed by atoms with E-state index >= 15 is 0 Å². The van der Waals surface area contributed by atoms with Crippen LogP contribution in [0.2, 0.25) is 0 Å². The molecule has 0 saturated heterocycles. The first-order chi connectivity index (χ1) is 41.0. The van der Waals surface area contributed by atoms with Crippen molar-refractivity contribution in [1.82, 2.24) is 0 Å². The molecule has 0 aliphatic carbocycles. The molecule has 478 valence electrons. The molecule has 84 heavy (non-hydrogen) atoms. The summed E-state index contributed by atoms with van der Waals surface area (Å²) in [6.07, 6.45) is 93.3. The minimum absolute atomic E-state index is 0.0392. The molecular weight excluding hydrogens is 1060 g/mol. The van der Waals surface area contributed by atoms with Crippen molar-refractivity contribution < 1.29 is 42.1 Å². The summed E-state index contributed by atoms with van der Waals surface area (Å²) in [4.78, 5) is 38.1. The highest BCUT2D eigenvalue weighted by molar-refractivity contribution is 7.45. The SMILES string of the molecule is CC/C=C\C/C=C\C/C=C\C/C=C\C/C=C\C/C=C\C/C=C\CCCCCCCCCCCC(=O)OC(COC(=O)CCCCCCCCCCCCCCC/C=C\C/C=C\C/C=C\C/C=C\C/C=C\CC)COP(=O)([O-])OCC[N+](C)(C)C. The number of unbranched alkanes of at least 4 members (excludes halogenated alkanes) is 22. The fraction of sp³-hybridized carbons (Fsp3) is 0.649. The summed E-state index contributed by atoms with van der Waals surface area (Å²) in [7, 11) is 1.15.